The van der Waals surface area contributed by atoms with Gasteiger partial charge in [-0.2, -0.15) is 0 Å². The zero-order valence-electron chi connectivity index (χ0n) is 16.4. The van der Waals surface area contributed by atoms with E-state index in [1.54, 1.807) is 36.6 Å². The lowest BCUT2D eigenvalue weighted by atomic mass is 10.1. The first kappa shape index (κ1) is 20.7. The highest BCUT2D eigenvalue weighted by Crippen LogP contribution is 2.18. The molecule has 29 heavy (non-hydrogen) atoms. The molecular formula is C22H24N2O4S. The number of carbonyl (C=O) groups is 1. The largest absolute Gasteiger partial charge is 0.469 e. The van der Waals surface area contributed by atoms with Gasteiger partial charge in [0.15, 0.2) is 0 Å². The van der Waals surface area contributed by atoms with Crippen LogP contribution in [0, 0.1) is 6.92 Å². The summed E-state index contributed by atoms with van der Waals surface area (Å²) < 4.78 is 33.2. The number of hydrogen-bond acceptors (Lipinski definition) is 4. The molecule has 2 N–H and O–H groups in total. The van der Waals surface area contributed by atoms with Gasteiger partial charge < -0.3 is 9.73 Å². The fraction of sp³-hybridized carbons (Fsp3) is 0.227. The first-order chi connectivity index (χ1) is 13.8. The summed E-state index contributed by atoms with van der Waals surface area (Å²) in [7, 11) is -3.80. The van der Waals surface area contributed by atoms with Gasteiger partial charge in [-0.05, 0) is 68.3 Å². The maximum atomic E-state index is 12.7. The van der Waals surface area contributed by atoms with E-state index in [0.717, 1.165) is 11.3 Å². The Bertz CT molecular complexity index is 1080. The average molecular weight is 413 g/mol. The van der Waals surface area contributed by atoms with Crippen LogP contribution in [-0.2, 0) is 16.4 Å². The Morgan fingerprint density at radius 3 is 2.59 bits per heavy atom. The third kappa shape index (κ3) is 5.71. The van der Waals surface area contributed by atoms with E-state index in [9.17, 15) is 13.2 Å². The highest BCUT2D eigenvalue weighted by atomic mass is 32.2. The number of anilines is 1. The van der Waals surface area contributed by atoms with E-state index < -0.39 is 10.0 Å². The van der Waals surface area contributed by atoms with E-state index in [2.05, 4.69) is 10.0 Å². The predicted octanol–water partition coefficient (Wildman–Crippen LogP) is 4.14. The van der Waals surface area contributed by atoms with Crippen LogP contribution >= 0.6 is 0 Å². The van der Waals surface area contributed by atoms with Crippen LogP contribution in [0.3, 0.4) is 0 Å². The van der Waals surface area contributed by atoms with E-state index in [0.29, 0.717) is 24.1 Å². The van der Waals surface area contributed by atoms with Crippen molar-refractivity contribution in [3.63, 3.8) is 0 Å². The van der Waals surface area contributed by atoms with Crippen molar-refractivity contribution in [2.45, 2.75) is 37.6 Å². The highest BCUT2D eigenvalue weighted by molar-refractivity contribution is 7.92. The number of amides is 1. The first-order valence-electron chi connectivity index (χ1n) is 9.36. The quantitative estimate of drug-likeness (QED) is 0.582. The molecule has 0 fully saturated rings. The number of nitrogens with one attached hydrogen (secondary N) is 2. The first-order valence-corrected chi connectivity index (χ1v) is 10.8. The van der Waals surface area contributed by atoms with E-state index in [1.165, 1.54) is 12.1 Å². The SMILES string of the molecule is Cc1cccc(NS(=O)(=O)c2cccc(C(=O)N[C@H](C)CCc3ccco3)c2)c1. The number of furan rings is 1. The van der Waals surface area contributed by atoms with Gasteiger partial charge in [0.25, 0.3) is 15.9 Å². The molecule has 152 valence electrons. The zero-order valence-corrected chi connectivity index (χ0v) is 17.2. The lowest BCUT2D eigenvalue weighted by Gasteiger charge is -2.14. The minimum Gasteiger partial charge on any atom is -0.469 e. The van der Waals surface area contributed by atoms with Crippen LogP contribution in [0.4, 0.5) is 5.69 Å². The van der Waals surface area contributed by atoms with Crippen molar-refractivity contribution >= 4 is 21.6 Å². The standard InChI is InChI=1S/C22H24N2O4S/c1-16-6-3-8-19(14-16)24-29(26,27)21-10-4-7-18(15-21)22(25)23-17(2)11-12-20-9-5-13-28-20/h3-10,13-15,17,24H,11-12H2,1-2H3,(H,23,25)/t17-/m1/s1. The molecule has 0 spiro atoms. The van der Waals surface area contributed by atoms with Gasteiger partial charge in [0, 0.05) is 23.7 Å². The van der Waals surface area contributed by atoms with Gasteiger partial charge in [0.1, 0.15) is 5.76 Å². The summed E-state index contributed by atoms with van der Waals surface area (Å²) in [5.41, 5.74) is 1.72. The Kier molecular flexibility index (Phi) is 6.39. The monoisotopic (exact) mass is 412 g/mol. The Morgan fingerprint density at radius 2 is 1.86 bits per heavy atom. The number of sulfonamides is 1. The second kappa shape index (κ2) is 8.96. The molecule has 0 radical (unpaired) electrons. The van der Waals surface area contributed by atoms with Crippen molar-refractivity contribution in [3.05, 3.63) is 83.8 Å². The lowest BCUT2D eigenvalue weighted by Crippen LogP contribution is -2.33. The summed E-state index contributed by atoms with van der Waals surface area (Å²) in [6.45, 7) is 3.79. The normalized spacial score (nSPS) is 12.3. The summed E-state index contributed by atoms with van der Waals surface area (Å²) in [6, 6.07) is 16.7. The van der Waals surface area contributed by atoms with Crippen LogP contribution in [0.2, 0.25) is 0 Å². The van der Waals surface area contributed by atoms with E-state index in [1.807, 2.05) is 32.0 Å². The molecule has 6 nitrogen and oxygen atoms in total. The molecule has 0 aliphatic heterocycles. The van der Waals surface area contributed by atoms with Gasteiger partial charge in [-0.1, -0.05) is 18.2 Å². The predicted molar refractivity (Wildman–Crippen MR) is 112 cm³/mol. The number of carbonyl (C=O) groups excluding carboxylic acids is 1. The van der Waals surface area contributed by atoms with Gasteiger partial charge in [-0.3, -0.25) is 9.52 Å². The van der Waals surface area contributed by atoms with E-state index in [-0.39, 0.29) is 16.8 Å². The molecule has 0 saturated carbocycles. The zero-order chi connectivity index (χ0) is 20.9. The van der Waals surface area contributed by atoms with E-state index in [4.69, 9.17) is 4.42 Å². The van der Waals surface area contributed by atoms with Crippen LogP contribution in [0.25, 0.3) is 0 Å². The lowest BCUT2D eigenvalue weighted by molar-refractivity contribution is 0.0938. The molecule has 0 unspecified atom stereocenters. The minimum atomic E-state index is -3.80. The second-order valence-electron chi connectivity index (χ2n) is 7.00. The van der Waals surface area contributed by atoms with Crippen LogP contribution in [0.1, 0.15) is 35.0 Å². The maximum Gasteiger partial charge on any atom is 0.261 e. The van der Waals surface area contributed by atoms with Gasteiger partial charge in [0.2, 0.25) is 0 Å². The van der Waals surface area contributed by atoms with Gasteiger partial charge in [-0.15, -0.1) is 0 Å². The molecular weight excluding hydrogens is 388 g/mol. The van der Waals surface area contributed by atoms with Crippen molar-refractivity contribution in [1.29, 1.82) is 0 Å². The molecule has 0 bridgehead atoms. The molecule has 1 amide bonds. The molecule has 0 saturated heterocycles. The molecule has 3 rings (SSSR count). The number of aryl methyl sites for hydroxylation is 2. The van der Waals surface area contributed by atoms with Crippen molar-refractivity contribution in [2.24, 2.45) is 0 Å². The molecule has 2 aromatic carbocycles. The Hall–Kier alpha value is -3.06. The highest BCUT2D eigenvalue weighted by Gasteiger charge is 2.17. The second-order valence-corrected chi connectivity index (χ2v) is 8.68. The van der Waals surface area contributed by atoms with Crippen LogP contribution in [-0.4, -0.2) is 20.4 Å². The average Bonchev–Trinajstić information content (AvgIpc) is 3.20. The Balaban J connectivity index is 1.66. The minimum absolute atomic E-state index is 0.0369. The van der Waals surface area contributed by atoms with Crippen LogP contribution in [0.15, 0.2) is 76.2 Å². The Labute approximate surface area is 171 Å². The third-order valence-corrected chi connectivity index (χ3v) is 5.84. The molecule has 0 aliphatic rings. The topological polar surface area (TPSA) is 88.4 Å². The summed E-state index contributed by atoms with van der Waals surface area (Å²) in [5.74, 6) is 0.547. The fourth-order valence-corrected chi connectivity index (χ4v) is 4.01. The molecule has 1 aromatic heterocycles. The maximum absolute atomic E-state index is 12.7. The Morgan fingerprint density at radius 1 is 1.07 bits per heavy atom. The summed E-state index contributed by atoms with van der Waals surface area (Å²) in [5, 5.41) is 2.90. The molecule has 1 heterocycles. The summed E-state index contributed by atoms with van der Waals surface area (Å²) in [6.07, 6.45) is 3.05. The van der Waals surface area contributed by atoms with Gasteiger partial charge in [0.05, 0.1) is 11.2 Å². The van der Waals surface area contributed by atoms with E-state index >= 15 is 0 Å². The molecule has 1 atom stereocenters. The van der Waals surface area contributed by atoms with Crippen molar-refractivity contribution in [2.75, 3.05) is 4.72 Å². The van der Waals surface area contributed by atoms with Gasteiger partial charge in [-0.25, -0.2) is 8.42 Å². The number of benzene rings is 2. The molecule has 7 heteroatoms. The van der Waals surface area contributed by atoms with Crippen LogP contribution in [0.5, 0.6) is 0 Å². The molecule has 0 aliphatic carbocycles. The number of rotatable bonds is 8. The fourth-order valence-electron chi connectivity index (χ4n) is 2.92. The van der Waals surface area contributed by atoms with Crippen molar-refractivity contribution in [3.8, 4) is 0 Å². The summed E-state index contributed by atoms with van der Waals surface area (Å²) >= 11 is 0. The summed E-state index contributed by atoms with van der Waals surface area (Å²) in [4.78, 5) is 12.6. The van der Waals surface area contributed by atoms with Crippen molar-refractivity contribution < 1.29 is 17.6 Å². The van der Waals surface area contributed by atoms with Crippen molar-refractivity contribution in [1.82, 2.24) is 5.32 Å². The van der Waals surface area contributed by atoms with Crippen LogP contribution < -0.4 is 10.0 Å². The molecule has 3 aromatic rings. The third-order valence-electron chi connectivity index (χ3n) is 4.46. The van der Waals surface area contributed by atoms with Gasteiger partial charge >= 0.3 is 0 Å². The number of hydrogen-bond donors (Lipinski definition) is 2. The smallest absolute Gasteiger partial charge is 0.261 e.